The van der Waals surface area contributed by atoms with Gasteiger partial charge in [0.1, 0.15) is 5.75 Å². The molecule has 1 aliphatic heterocycles. The van der Waals surface area contributed by atoms with Crippen LogP contribution in [0.1, 0.15) is 51.0 Å². The Hall–Kier alpha value is -2.38. The predicted molar refractivity (Wildman–Crippen MR) is 118 cm³/mol. The van der Waals surface area contributed by atoms with E-state index in [9.17, 15) is 13.2 Å². The Balaban J connectivity index is 1.59. The first kappa shape index (κ1) is 22.3. The van der Waals surface area contributed by atoms with Gasteiger partial charge in [-0.25, -0.2) is 8.42 Å². The maximum atomic E-state index is 12.7. The minimum absolute atomic E-state index is 0.110. The lowest BCUT2D eigenvalue weighted by Crippen LogP contribution is -2.35. The van der Waals surface area contributed by atoms with Crippen LogP contribution in [0.3, 0.4) is 0 Å². The fraction of sp³-hybridized carbons (Fsp3) is 0.435. The van der Waals surface area contributed by atoms with Gasteiger partial charge >= 0.3 is 0 Å². The van der Waals surface area contributed by atoms with E-state index >= 15 is 0 Å². The number of rotatable bonds is 8. The standard InChI is InChI=1S/C23H30N2O4S/c1-3-18(2)21-9-5-6-10-22(21)29-17-23(26)24-19-11-13-20(14-12-19)30(27,28)25-15-7-4-8-16-25/h5-6,9-14,18H,3-4,7-8,15-17H2,1-2H3,(H,24,26). The van der Waals surface area contributed by atoms with Crippen LogP contribution in [-0.4, -0.2) is 38.3 Å². The molecule has 0 aromatic heterocycles. The van der Waals surface area contributed by atoms with Crippen LogP contribution in [0.5, 0.6) is 5.75 Å². The fourth-order valence-electron chi connectivity index (χ4n) is 3.54. The summed E-state index contributed by atoms with van der Waals surface area (Å²) in [6, 6.07) is 14.0. The van der Waals surface area contributed by atoms with Crippen molar-refractivity contribution >= 4 is 21.6 Å². The molecule has 1 heterocycles. The Morgan fingerprint density at radius 3 is 2.40 bits per heavy atom. The monoisotopic (exact) mass is 430 g/mol. The molecule has 7 heteroatoms. The van der Waals surface area contributed by atoms with E-state index in [1.807, 2.05) is 24.3 Å². The number of piperidine rings is 1. The van der Waals surface area contributed by atoms with Crippen LogP contribution in [-0.2, 0) is 14.8 Å². The summed E-state index contributed by atoms with van der Waals surface area (Å²) in [4.78, 5) is 12.6. The number of amides is 1. The molecule has 1 atom stereocenters. The Labute approximate surface area is 179 Å². The molecule has 1 amide bonds. The zero-order valence-corrected chi connectivity index (χ0v) is 18.5. The van der Waals surface area contributed by atoms with E-state index in [-0.39, 0.29) is 17.4 Å². The number of anilines is 1. The fourth-order valence-corrected chi connectivity index (χ4v) is 5.06. The summed E-state index contributed by atoms with van der Waals surface area (Å²) < 4.78 is 32.7. The molecule has 1 saturated heterocycles. The topological polar surface area (TPSA) is 75.7 Å². The SMILES string of the molecule is CCC(C)c1ccccc1OCC(=O)Nc1ccc(S(=O)(=O)N2CCCCC2)cc1. The van der Waals surface area contributed by atoms with Gasteiger partial charge in [0, 0.05) is 18.8 Å². The molecule has 0 aliphatic carbocycles. The summed E-state index contributed by atoms with van der Waals surface area (Å²) in [6.45, 7) is 5.26. The molecule has 162 valence electrons. The summed E-state index contributed by atoms with van der Waals surface area (Å²) in [5.74, 6) is 0.768. The van der Waals surface area contributed by atoms with Gasteiger partial charge in [-0.2, -0.15) is 4.31 Å². The van der Waals surface area contributed by atoms with Crippen LogP contribution < -0.4 is 10.1 Å². The number of carbonyl (C=O) groups is 1. The van der Waals surface area contributed by atoms with Crippen LogP contribution in [0, 0.1) is 0 Å². The number of nitrogens with one attached hydrogen (secondary N) is 1. The molecule has 2 aromatic rings. The van der Waals surface area contributed by atoms with Crippen LogP contribution in [0.25, 0.3) is 0 Å². The molecular formula is C23H30N2O4S. The predicted octanol–water partition coefficient (Wildman–Crippen LogP) is 4.39. The van der Waals surface area contributed by atoms with Crippen molar-refractivity contribution in [2.75, 3.05) is 25.0 Å². The van der Waals surface area contributed by atoms with E-state index in [4.69, 9.17) is 4.74 Å². The summed E-state index contributed by atoms with van der Waals surface area (Å²) in [5.41, 5.74) is 1.62. The van der Waals surface area contributed by atoms with Gasteiger partial charge in [0.05, 0.1) is 4.90 Å². The summed E-state index contributed by atoms with van der Waals surface area (Å²) in [5, 5.41) is 2.76. The molecule has 30 heavy (non-hydrogen) atoms. The van der Waals surface area contributed by atoms with Crippen LogP contribution in [0.4, 0.5) is 5.69 Å². The number of sulfonamides is 1. The van der Waals surface area contributed by atoms with Gasteiger partial charge in [0.25, 0.3) is 5.91 Å². The van der Waals surface area contributed by atoms with E-state index in [1.54, 1.807) is 24.3 Å². The Morgan fingerprint density at radius 2 is 1.73 bits per heavy atom. The lowest BCUT2D eigenvalue weighted by Gasteiger charge is -2.25. The van der Waals surface area contributed by atoms with Crippen molar-refractivity contribution in [3.8, 4) is 5.75 Å². The van der Waals surface area contributed by atoms with Crippen LogP contribution >= 0.6 is 0 Å². The third-order valence-electron chi connectivity index (χ3n) is 5.51. The highest BCUT2D eigenvalue weighted by molar-refractivity contribution is 7.89. The Kier molecular flexibility index (Phi) is 7.50. The average Bonchev–Trinajstić information content (AvgIpc) is 2.78. The van der Waals surface area contributed by atoms with E-state index in [0.29, 0.717) is 30.4 Å². The van der Waals surface area contributed by atoms with Crippen molar-refractivity contribution in [1.29, 1.82) is 0 Å². The van der Waals surface area contributed by atoms with Crippen molar-refractivity contribution in [2.24, 2.45) is 0 Å². The first-order valence-electron chi connectivity index (χ1n) is 10.5. The number of carbonyl (C=O) groups excluding carboxylic acids is 1. The Morgan fingerprint density at radius 1 is 1.07 bits per heavy atom. The molecule has 6 nitrogen and oxygen atoms in total. The number of para-hydroxylation sites is 1. The third kappa shape index (κ3) is 5.40. The number of hydrogen-bond acceptors (Lipinski definition) is 4. The lowest BCUT2D eigenvalue weighted by molar-refractivity contribution is -0.118. The second-order valence-corrected chi connectivity index (χ2v) is 9.61. The first-order valence-corrected chi connectivity index (χ1v) is 12.0. The number of nitrogens with zero attached hydrogens (tertiary/aromatic N) is 1. The van der Waals surface area contributed by atoms with E-state index < -0.39 is 10.0 Å². The van der Waals surface area contributed by atoms with Crippen molar-refractivity contribution in [3.63, 3.8) is 0 Å². The number of hydrogen-bond donors (Lipinski definition) is 1. The molecule has 1 aliphatic rings. The second-order valence-electron chi connectivity index (χ2n) is 7.67. The lowest BCUT2D eigenvalue weighted by atomic mass is 9.98. The third-order valence-corrected chi connectivity index (χ3v) is 7.42. The van der Waals surface area contributed by atoms with Gasteiger partial charge < -0.3 is 10.1 Å². The zero-order chi connectivity index (χ0) is 21.6. The van der Waals surface area contributed by atoms with Gasteiger partial charge in [0.15, 0.2) is 6.61 Å². The highest BCUT2D eigenvalue weighted by Crippen LogP contribution is 2.28. The molecule has 2 aromatic carbocycles. The van der Waals surface area contributed by atoms with Crippen LogP contribution in [0.2, 0.25) is 0 Å². The normalized spacial score (nSPS) is 16.1. The maximum absolute atomic E-state index is 12.7. The highest BCUT2D eigenvalue weighted by Gasteiger charge is 2.25. The molecule has 3 rings (SSSR count). The summed E-state index contributed by atoms with van der Waals surface area (Å²) in [6.07, 6.45) is 3.85. The van der Waals surface area contributed by atoms with E-state index in [1.165, 1.54) is 4.31 Å². The molecule has 0 spiro atoms. The van der Waals surface area contributed by atoms with E-state index in [0.717, 1.165) is 31.2 Å². The van der Waals surface area contributed by atoms with Gasteiger partial charge in [0.2, 0.25) is 10.0 Å². The molecule has 0 bridgehead atoms. The average molecular weight is 431 g/mol. The Bertz CT molecular complexity index is 951. The number of benzene rings is 2. The summed E-state index contributed by atoms with van der Waals surface area (Å²) in [7, 11) is -3.47. The van der Waals surface area contributed by atoms with Gasteiger partial charge in [-0.05, 0) is 61.1 Å². The first-order chi connectivity index (χ1) is 14.4. The maximum Gasteiger partial charge on any atom is 0.262 e. The highest BCUT2D eigenvalue weighted by atomic mass is 32.2. The number of ether oxygens (including phenoxy) is 1. The van der Waals surface area contributed by atoms with E-state index in [2.05, 4.69) is 19.2 Å². The molecule has 0 radical (unpaired) electrons. The second kappa shape index (κ2) is 10.1. The van der Waals surface area contributed by atoms with Crippen molar-refractivity contribution in [1.82, 2.24) is 4.31 Å². The summed E-state index contributed by atoms with van der Waals surface area (Å²) >= 11 is 0. The van der Waals surface area contributed by atoms with Gasteiger partial charge in [-0.15, -0.1) is 0 Å². The quantitative estimate of drug-likeness (QED) is 0.674. The largest absolute Gasteiger partial charge is 0.483 e. The van der Waals surface area contributed by atoms with Crippen molar-refractivity contribution in [3.05, 3.63) is 54.1 Å². The van der Waals surface area contributed by atoms with Crippen molar-refractivity contribution < 1.29 is 17.9 Å². The molecule has 0 saturated carbocycles. The molecular weight excluding hydrogens is 400 g/mol. The molecule has 1 unspecified atom stereocenters. The van der Waals surface area contributed by atoms with Crippen LogP contribution in [0.15, 0.2) is 53.4 Å². The minimum Gasteiger partial charge on any atom is -0.483 e. The smallest absolute Gasteiger partial charge is 0.262 e. The molecule has 1 N–H and O–H groups in total. The van der Waals surface area contributed by atoms with Gasteiger partial charge in [-0.3, -0.25) is 4.79 Å². The van der Waals surface area contributed by atoms with Crippen molar-refractivity contribution in [2.45, 2.75) is 50.3 Å². The zero-order valence-electron chi connectivity index (χ0n) is 17.6. The molecule has 1 fully saturated rings. The van der Waals surface area contributed by atoms with Gasteiger partial charge in [-0.1, -0.05) is 38.5 Å². The minimum atomic E-state index is -3.47.